The van der Waals surface area contributed by atoms with Crippen molar-refractivity contribution in [2.75, 3.05) is 0 Å². The van der Waals surface area contributed by atoms with Gasteiger partial charge in [0.1, 0.15) is 0 Å². The Bertz CT molecular complexity index is 431. The summed E-state index contributed by atoms with van der Waals surface area (Å²) in [6, 6.07) is 3.98. The quantitative estimate of drug-likeness (QED) is 0.609. The zero-order chi connectivity index (χ0) is 8.72. The van der Waals surface area contributed by atoms with Crippen LogP contribution in [0.1, 0.15) is 5.56 Å². The summed E-state index contributed by atoms with van der Waals surface area (Å²) in [6.07, 6.45) is 1.93. The first-order chi connectivity index (χ1) is 5.66. The summed E-state index contributed by atoms with van der Waals surface area (Å²) in [7, 11) is 1.89. The van der Waals surface area contributed by atoms with E-state index in [1.807, 2.05) is 32.3 Å². The first-order valence-corrected chi connectivity index (χ1v) is 4.14. The fraction of sp³-hybridized carbons (Fsp3) is 0.222. The van der Waals surface area contributed by atoms with E-state index in [1.165, 1.54) is 0 Å². The largest absolute Gasteiger partial charge is 0.275 e. The predicted molar refractivity (Wildman–Crippen MR) is 50.5 cm³/mol. The van der Waals surface area contributed by atoms with Gasteiger partial charge in [-0.05, 0) is 24.6 Å². The fourth-order valence-corrected chi connectivity index (χ4v) is 1.65. The van der Waals surface area contributed by atoms with Crippen LogP contribution in [0, 0.1) is 6.92 Å². The highest BCUT2D eigenvalue weighted by Crippen LogP contribution is 2.23. The number of aryl methyl sites for hydroxylation is 2. The van der Waals surface area contributed by atoms with Gasteiger partial charge in [-0.15, -0.1) is 0 Å². The van der Waals surface area contributed by atoms with E-state index in [4.69, 9.17) is 11.6 Å². The Labute approximate surface area is 75.8 Å². The maximum Gasteiger partial charge on any atom is 0.0940 e. The molecular formula is C9H9ClN2. The Morgan fingerprint density at radius 2 is 2.17 bits per heavy atom. The summed E-state index contributed by atoms with van der Waals surface area (Å²) in [6.45, 7) is 2.01. The molecule has 0 bridgehead atoms. The first-order valence-electron chi connectivity index (χ1n) is 3.76. The van der Waals surface area contributed by atoms with Crippen LogP contribution in [-0.2, 0) is 7.05 Å². The topological polar surface area (TPSA) is 17.8 Å². The lowest BCUT2D eigenvalue weighted by Gasteiger charge is -1.93. The van der Waals surface area contributed by atoms with Crippen LogP contribution in [0.3, 0.4) is 0 Å². The van der Waals surface area contributed by atoms with E-state index in [1.54, 1.807) is 4.68 Å². The average Bonchev–Trinajstić information content (AvgIpc) is 2.29. The van der Waals surface area contributed by atoms with E-state index in [0.717, 1.165) is 21.5 Å². The number of halogens is 1. The van der Waals surface area contributed by atoms with Crippen LogP contribution in [0.5, 0.6) is 0 Å². The van der Waals surface area contributed by atoms with Crippen LogP contribution < -0.4 is 0 Å². The second kappa shape index (κ2) is 2.49. The Hall–Kier alpha value is -1.02. The Morgan fingerprint density at radius 3 is 2.92 bits per heavy atom. The third kappa shape index (κ3) is 1.08. The summed E-state index contributed by atoms with van der Waals surface area (Å²) in [5.41, 5.74) is 2.11. The molecule has 0 aliphatic carbocycles. The SMILES string of the molecule is Cc1cc(Cl)c2cn(C)nc2c1. The van der Waals surface area contributed by atoms with Crippen LogP contribution >= 0.6 is 11.6 Å². The van der Waals surface area contributed by atoms with Gasteiger partial charge in [0.05, 0.1) is 10.5 Å². The number of benzene rings is 1. The third-order valence-electron chi connectivity index (χ3n) is 1.83. The highest BCUT2D eigenvalue weighted by molar-refractivity contribution is 6.35. The lowest BCUT2D eigenvalue weighted by molar-refractivity contribution is 0.779. The number of aromatic nitrogens is 2. The molecule has 0 aliphatic rings. The van der Waals surface area contributed by atoms with Crippen molar-refractivity contribution in [3.05, 3.63) is 28.9 Å². The van der Waals surface area contributed by atoms with E-state index >= 15 is 0 Å². The zero-order valence-electron chi connectivity index (χ0n) is 7.00. The molecule has 12 heavy (non-hydrogen) atoms. The molecule has 2 aromatic rings. The first kappa shape index (κ1) is 7.62. The lowest BCUT2D eigenvalue weighted by atomic mass is 10.2. The van der Waals surface area contributed by atoms with Crippen molar-refractivity contribution in [3.63, 3.8) is 0 Å². The minimum atomic E-state index is 0.776. The van der Waals surface area contributed by atoms with Crippen molar-refractivity contribution in [3.8, 4) is 0 Å². The predicted octanol–water partition coefficient (Wildman–Crippen LogP) is 2.54. The molecule has 1 heterocycles. The van der Waals surface area contributed by atoms with Crippen molar-refractivity contribution in [1.29, 1.82) is 0 Å². The molecule has 3 heteroatoms. The minimum absolute atomic E-state index is 0.776. The van der Waals surface area contributed by atoms with E-state index < -0.39 is 0 Å². The molecule has 2 nitrogen and oxygen atoms in total. The molecule has 0 fully saturated rings. The van der Waals surface area contributed by atoms with E-state index in [0.29, 0.717) is 0 Å². The van der Waals surface area contributed by atoms with E-state index in [9.17, 15) is 0 Å². The standard InChI is InChI=1S/C9H9ClN2/c1-6-3-8(10)7-5-12(2)11-9(7)4-6/h3-5H,1-2H3. The molecule has 2 rings (SSSR count). The molecule has 62 valence electrons. The Balaban J connectivity index is 2.88. The van der Waals surface area contributed by atoms with E-state index in [2.05, 4.69) is 5.10 Å². The Morgan fingerprint density at radius 1 is 1.42 bits per heavy atom. The van der Waals surface area contributed by atoms with Gasteiger partial charge in [-0.2, -0.15) is 5.10 Å². The Kier molecular flexibility index (Phi) is 1.58. The molecular weight excluding hydrogens is 172 g/mol. The third-order valence-corrected chi connectivity index (χ3v) is 2.15. The van der Waals surface area contributed by atoms with Gasteiger partial charge in [-0.3, -0.25) is 4.68 Å². The molecule has 0 aliphatic heterocycles. The van der Waals surface area contributed by atoms with Crippen molar-refractivity contribution in [2.24, 2.45) is 7.05 Å². The molecule has 0 saturated carbocycles. The van der Waals surface area contributed by atoms with Crippen LogP contribution in [0.15, 0.2) is 18.3 Å². The summed E-state index contributed by atoms with van der Waals surface area (Å²) in [4.78, 5) is 0. The van der Waals surface area contributed by atoms with E-state index in [-0.39, 0.29) is 0 Å². The van der Waals surface area contributed by atoms with Crippen LogP contribution in [0.4, 0.5) is 0 Å². The highest BCUT2D eigenvalue weighted by atomic mass is 35.5. The average molecular weight is 181 g/mol. The highest BCUT2D eigenvalue weighted by Gasteiger charge is 2.02. The second-order valence-corrected chi connectivity index (χ2v) is 3.39. The molecule has 0 saturated heterocycles. The molecule has 0 radical (unpaired) electrons. The molecule has 0 unspecified atom stereocenters. The number of rotatable bonds is 0. The lowest BCUT2D eigenvalue weighted by Crippen LogP contribution is -1.84. The molecule has 1 aromatic carbocycles. The normalized spacial score (nSPS) is 10.9. The van der Waals surface area contributed by atoms with Crippen molar-refractivity contribution in [1.82, 2.24) is 9.78 Å². The molecule has 0 spiro atoms. The molecule has 0 amide bonds. The van der Waals surface area contributed by atoms with Crippen molar-refractivity contribution in [2.45, 2.75) is 6.92 Å². The number of fused-ring (bicyclic) bond motifs is 1. The maximum atomic E-state index is 6.02. The summed E-state index contributed by atoms with van der Waals surface area (Å²) < 4.78 is 1.77. The molecule has 0 N–H and O–H groups in total. The summed E-state index contributed by atoms with van der Waals surface area (Å²) >= 11 is 6.02. The molecule has 0 atom stereocenters. The van der Waals surface area contributed by atoms with Crippen molar-refractivity contribution >= 4 is 22.5 Å². The zero-order valence-corrected chi connectivity index (χ0v) is 7.76. The van der Waals surface area contributed by atoms with Gasteiger partial charge in [0.2, 0.25) is 0 Å². The fourth-order valence-electron chi connectivity index (χ4n) is 1.33. The maximum absolute atomic E-state index is 6.02. The minimum Gasteiger partial charge on any atom is -0.275 e. The van der Waals surface area contributed by atoms with Gasteiger partial charge >= 0.3 is 0 Å². The smallest absolute Gasteiger partial charge is 0.0940 e. The summed E-state index contributed by atoms with van der Waals surface area (Å²) in [5, 5.41) is 6.06. The number of hydrogen-bond donors (Lipinski definition) is 0. The number of hydrogen-bond acceptors (Lipinski definition) is 1. The van der Waals surface area contributed by atoms with Gasteiger partial charge in [0, 0.05) is 18.6 Å². The van der Waals surface area contributed by atoms with Gasteiger partial charge in [0.25, 0.3) is 0 Å². The number of nitrogens with zero attached hydrogens (tertiary/aromatic N) is 2. The van der Waals surface area contributed by atoms with Gasteiger partial charge in [-0.25, -0.2) is 0 Å². The van der Waals surface area contributed by atoms with Crippen LogP contribution in [-0.4, -0.2) is 9.78 Å². The van der Waals surface area contributed by atoms with Crippen LogP contribution in [0.2, 0.25) is 5.02 Å². The van der Waals surface area contributed by atoms with Gasteiger partial charge in [-0.1, -0.05) is 11.6 Å². The van der Waals surface area contributed by atoms with Gasteiger partial charge in [0.15, 0.2) is 0 Å². The monoisotopic (exact) mass is 180 g/mol. The molecule has 1 aromatic heterocycles. The van der Waals surface area contributed by atoms with Crippen molar-refractivity contribution < 1.29 is 0 Å². The second-order valence-electron chi connectivity index (χ2n) is 2.98. The van der Waals surface area contributed by atoms with Crippen LogP contribution in [0.25, 0.3) is 10.9 Å². The summed E-state index contributed by atoms with van der Waals surface area (Å²) in [5.74, 6) is 0. The van der Waals surface area contributed by atoms with Gasteiger partial charge < -0.3 is 0 Å².